The molecule has 1 aromatic rings. The molecule has 1 atom stereocenters. The minimum atomic E-state index is -3.64. The molecule has 0 heterocycles. The van der Waals surface area contributed by atoms with Gasteiger partial charge in [0, 0.05) is 5.69 Å². The molecule has 0 aliphatic heterocycles. The van der Waals surface area contributed by atoms with E-state index in [1.807, 2.05) is 6.92 Å². The Morgan fingerprint density at radius 2 is 1.87 bits per heavy atom. The van der Waals surface area contributed by atoms with Crippen LogP contribution in [0.3, 0.4) is 0 Å². The fourth-order valence-corrected chi connectivity index (χ4v) is 2.12. The highest BCUT2D eigenvalue weighted by Crippen LogP contribution is 2.16. The van der Waals surface area contributed by atoms with Gasteiger partial charge in [-0.2, -0.15) is 8.42 Å². The van der Waals surface area contributed by atoms with Crippen LogP contribution in [0.1, 0.15) is 20.3 Å². The van der Waals surface area contributed by atoms with E-state index >= 15 is 0 Å². The van der Waals surface area contributed by atoms with E-state index in [0.717, 1.165) is 0 Å². The number of nitrogens with two attached hydrogens (primary N) is 1. The van der Waals surface area contributed by atoms with Gasteiger partial charge in [-0.3, -0.25) is 4.18 Å². The largest absolute Gasteiger partial charge is 0.399 e. The number of benzene rings is 1. The average molecular weight is 229 g/mol. The first-order chi connectivity index (χ1) is 6.95. The van der Waals surface area contributed by atoms with Gasteiger partial charge in [-0.15, -0.1) is 0 Å². The van der Waals surface area contributed by atoms with Crippen molar-refractivity contribution in [3.05, 3.63) is 24.3 Å². The Hall–Kier alpha value is -1.07. The van der Waals surface area contributed by atoms with Gasteiger partial charge in [-0.25, -0.2) is 0 Å². The van der Waals surface area contributed by atoms with Gasteiger partial charge < -0.3 is 5.73 Å². The van der Waals surface area contributed by atoms with Crippen molar-refractivity contribution in [1.82, 2.24) is 0 Å². The van der Waals surface area contributed by atoms with Crippen molar-refractivity contribution in [2.45, 2.75) is 31.3 Å². The smallest absolute Gasteiger partial charge is 0.297 e. The van der Waals surface area contributed by atoms with Crippen LogP contribution < -0.4 is 5.73 Å². The molecule has 4 nitrogen and oxygen atoms in total. The predicted molar refractivity (Wildman–Crippen MR) is 58.9 cm³/mol. The van der Waals surface area contributed by atoms with Crippen LogP contribution in [0.25, 0.3) is 0 Å². The van der Waals surface area contributed by atoms with E-state index in [9.17, 15) is 8.42 Å². The Morgan fingerprint density at radius 1 is 1.33 bits per heavy atom. The zero-order valence-electron chi connectivity index (χ0n) is 8.80. The highest BCUT2D eigenvalue weighted by Gasteiger charge is 2.17. The van der Waals surface area contributed by atoms with Crippen molar-refractivity contribution < 1.29 is 12.6 Å². The van der Waals surface area contributed by atoms with Crippen LogP contribution in [0, 0.1) is 0 Å². The third-order valence-electron chi connectivity index (χ3n) is 2.03. The van der Waals surface area contributed by atoms with E-state index in [2.05, 4.69) is 0 Å². The van der Waals surface area contributed by atoms with Gasteiger partial charge in [-0.1, -0.05) is 6.92 Å². The minimum absolute atomic E-state index is 0.136. The zero-order valence-corrected chi connectivity index (χ0v) is 9.62. The van der Waals surface area contributed by atoms with Crippen molar-refractivity contribution >= 4 is 15.8 Å². The summed E-state index contributed by atoms with van der Waals surface area (Å²) in [5, 5.41) is 0. The van der Waals surface area contributed by atoms with E-state index in [-0.39, 0.29) is 11.0 Å². The monoisotopic (exact) mass is 229 g/mol. The van der Waals surface area contributed by atoms with Gasteiger partial charge in [0.2, 0.25) is 0 Å². The van der Waals surface area contributed by atoms with E-state index in [4.69, 9.17) is 9.92 Å². The molecule has 0 saturated carbocycles. The van der Waals surface area contributed by atoms with Crippen LogP contribution >= 0.6 is 0 Å². The van der Waals surface area contributed by atoms with Gasteiger partial charge >= 0.3 is 0 Å². The summed E-state index contributed by atoms with van der Waals surface area (Å²) in [4.78, 5) is 0.136. The lowest BCUT2D eigenvalue weighted by Gasteiger charge is -2.10. The first kappa shape index (κ1) is 12.0. The number of nitrogen functional groups attached to an aromatic ring is 1. The second kappa shape index (κ2) is 4.63. The van der Waals surface area contributed by atoms with Gasteiger partial charge in [0.05, 0.1) is 11.0 Å². The van der Waals surface area contributed by atoms with Crippen LogP contribution in [0.4, 0.5) is 5.69 Å². The second-order valence-electron chi connectivity index (χ2n) is 3.34. The summed E-state index contributed by atoms with van der Waals surface area (Å²) in [7, 11) is -3.64. The quantitative estimate of drug-likeness (QED) is 0.631. The van der Waals surface area contributed by atoms with E-state index < -0.39 is 10.1 Å². The predicted octanol–water partition coefficient (Wildman–Crippen LogP) is 1.77. The first-order valence-corrected chi connectivity index (χ1v) is 6.15. The number of hydrogen-bond acceptors (Lipinski definition) is 4. The highest BCUT2D eigenvalue weighted by atomic mass is 32.2. The zero-order chi connectivity index (χ0) is 11.5. The Balaban J connectivity index is 2.91. The molecule has 15 heavy (non-hydrogen) atoms. The molecule has 0 bridgehead atoms. The SMILES string of the molecule is CC[C@H](C)OS(=O)(=O)c1ccc(N)cc1. The maximum atomic E-state index is 11.6. The number of rotatable bonds is 4. The molecular formula is C10H15NO3S. The van der Waals surface area contributed by atoms with E-state index in [1.165, 1.54) is 24.3 Å². The molecule has 2 N–H and O–H groups in total. The Morgan fingerprint density at radius 3 is 2.33 bits per heavy atom. The molecule has 1 rings (SSSR count). The lowest BCUT2D eigenvalue weighted by molar-refractivity contribution is 0.224. The van der Waals surface area contributed by atoms with Crippen molar-refractivity contribution in [1.29, 1.82) is 0 Å². The molecule has 0 radical (unpaired) electrons. The van der Waals surface area contributed by atoms with Crippen molar-refractivity contribution in [2.24, 2.45) is 0 Å². The first-order valence-electron chi connectivity index (χ1n) is 4.74. The summed E-state index contributed by atoms with van der Waals surface area (Å²) in [6.45, 7) is 3.58. The van der Waals surface area contributed by atoms with Crippen molar-refractivity contribution in [2.75, 3.05) is 5.73 Å². The van der Waals surface area contributed by atoms with Crippen LogP contribution in [-0.2, 0) is 14.3 Å². The lowest BCUT2D eigenvalue weighted by atomic mass is 10.3. The molecule has 0 spiro atoms. The fraction of sp³-hybridized carbons (Fsp3) is 0.400. The van der Waals surface area contributed by atoms with Crippen LogP contribution in [0.15, 0.2) is 29.2 Å². The Labute approximate surface area is 90.2 Å². The van der Waals surface area contributed by atoms with Crippen LogP contribution in [-0.4, -0.2) is 14.5 Å². The normalized spacial score (nSPS) is 13.7. The molecule has 5 heteroatoms. The van der Waals surface area contributed by atoms with E-state index in [0.29, 0.717) is 12.1 Å². The summed E-state index contributed by atoms with van der Waals surface area (Å²) in [5.41, 5.74) is 5.99. The summed E-state index contributed by atoms with van der Waals surface area (Å²) >= 11 is 0. The number of anilines is 1. The maximum absolute atomic E-state index is 11.6. The summed E-state index contributed by atoms with van der Waals surface area (Å²) < 4.78 is 28.2. The molecule has 0 aliphatic carbocycles. The molecule has 0 fully saturated rings. The molecule has 0 unspecified atom stereocenters. The maximum Gasteiger partial charge on any atom is 0.297 e. The van der Waals surface area contributed by atoms with Crippen LogP contribution in [0.5, 0.6) is 0 Å². The molecule has 1 aromatic carbocycles. The van der Waals surface area contributed by atoms with Crippen LogP contribution in [0.2, 0.25) is 0 Å². The van der Waals surface area contributed by atoms with Gasteiger partial charge in [0.15, 0.2) is 0 Å². The standard InChI is InChI=1S/C10H15NO3S/c1-3-8(2)14-15(12,13)10-6-4-9(11)5-7-10/h4-8H,3,11H2,1-2H3/t8-/m0/s1. The topological polar surface area (TPSA) is 69.4 Å². The minimum Gasteiger partial charge on any atom is -0.399 e. The molecule has 0 amide bonds. The van der Waals surface area contributed by atoms with E-state index in [1.54, 1.807) is 6.92 Å². The molecule has 84 valence electrons. The Bertz CT molecular complexity index is 411. The third-order valence-corrected chi connectivity index (χ3v) is 3.47. The van der Waals surface area contributed by atoms with Gasteiger partial charge in [0.25, 0.3) is 10.1 Å². The highest BCUT2D eigenvalue weighted by molar-refractivity contribution is 7.86. The van der Waals surface area contributed by atoms with Crippen molar-refractivity contribution in [3.63, 3.8) is 0 Å². The molecule has 0 aromatic heterocycles. The van der Waals surface area contributed by atoms with Gasteiger partial charge in [0.1, 0.15) is 0 Å². The molecule has 0 saturated heterocycles. The summed E-state index contributed by atoms with van der Waals surface area (Å²) in [6.07, 6.45) is 0.335. The second-order valence-corrected chi connectivity index (χ2v) is 4.91. The Kier molecular flexibility index (Phi) is 3.71. The lowest BCUT2D eigenvalue weighted by Crippen LogP contribution is -2.14. The summed E-state index contributed by atoms with van der Waals surface area (Å²) in [6, 6.07) is 5.94. The third kappa shape index (κ3) is 3.21. The fourth-order valence-electron chi connectivity index (χ4n) is 0.974. The number of hydrogen-bond donors (Lipinski definition) is 1. The molecule has 0 aliphatic rings. The summed E-state index contributed by atoms with van der Waals surface area (Å²) in [5.74, 6) is 0. The van der Waals surface area contributed by atoms with Crippen molar-refractivity contribution in [3.8, 4) is 0 Å². The average Bonchev–Trinajstić information content (AvgIpc) is 2.17. The molecular weight excluding hydrogens is 214 g/mol. The van der Waals surface area contributed by atoms with Gasteiger partial charge in [-0.05, 0) is 37.6 Å².